The van der Waals surface area contributed by atoms with Gasteiger partial charge in [-0.3, -0.25) is 4.90 Å². The number of hydrogen-bond acceptors (Lipinski definition) is 3. The van der Waals surface area contributed by atoms with Gasteiger partial charge < -0.3 is 10.1 Å². The van der Waals surface area contributed by atoms with Crippen LogP contribution < -0.4 is 10.1 Å². The summed E-state index contributed by atoms with van der Waals surface area (Å²) in [4.78, 5) is 2.53. The molecule has 1 aromatic carbocycles. The predicted molar refractivity (Wildman–Crippen MR) is 89.3 cm³/mol. The molecule has 1 heterocycles. The summed E-state index contributed by atoms with van der Waals surface area (Å²) >= 11 is 6.11. The number of nitrogens with zero attached hydrogens (tertiary/aromatic N) is 1. The second-order valence-corrected chi connectivity index (χ2v) is 6.18. The van der Waals surface area contributed by atoms with Crippen molar-refractivity contribution >= 4 is 11.6 Å². The van der Waals surface area contributed by atoms with Crippen molar-refractivity contribution in [3.8, 4) is 5.75 Å². The molecule has 0 aliphatic carbocycles. The molecule has 0 saturated carbocycles. The van der Waals surface area contributed by atoms with Gasteiger partial charge in [0.25, 0.3) is 0 Å². The third-order valence-corrected chi connectivity index (χ3v) is 4.33. The summed E-state index contributed by atoms with van der Waals surface area (Å²) in [6.45, 7) is 8.60. The van der Waals surface area contributed by atoms with Gasteiger partial charge in [-0.25, -0.2) is 0 Å². The molecule has 3 nitrogen and oxygen atoms in total. The van der Waals surface area contributed by atoms with Gasteiger partial charge in [-0.15, -0.1) is 0 Å². The quantitative estimate of drug-likeness (QED) is 0.796. The van der Waals surface area contributed by atoms with E-state index in [9.17, 15) is 0 Å². The molecule has 1 N–H and O–H groups in total. The number of piperidine rings is 1. The van der Waals surface area contributed by atoms with Crippen molar-refractivity contribution in [1.82, 2.24) is 10.2 Å². The molecule has 0 unspecified atom stereocenters. The minimum Gasteiger partial charge on any atom is -0.491 e. The summed E-state index contributed by atoms with van der Waals surface area (Å²) in [5, 5.41) is 4.13. The number of nitrogens with one attached hydrogen (secondary N) is 1. The van der Waals surface area contributed by atoms with E-state index in [4.69, 9.17) is 16.3 Å². The van der Waals surface area contributed by atoms with Crippen molar-refractivity contribution in [1.29, 1.82) is 0 Å². The van der Waals surface area contributed by atoms with Crippen LogP contribution in [0.3, 0.4) is 0 Å². The summed E-state index contributed by atoms with van der Waals surface area (Å²) in [6, 6.07) is 7.69. The van der Waals surface area contributed by atoms with Gasteiger partial charge in [0.2, 0.25) is 0 Å². The number of hydrogen-bond donors (Lipinski definition) is 1. The number of rotatable bonds is 8. The van der Waals surface area contributed by atoms with E-state index in [1.54, 1.807) is 0 Å². The average molecular weight is 311 g/mol. The zero-order chi connectivity index (χ0) is 14.9. The Labute approximate surface area is 133 Å². The normalized spacial score (nSPS) is 16.3. The maximum atomic E-state index is 6.11. The highest BCUT2D eigenvalue weighted by Gasteiger charge is 2.16. The maximum Gasteiger partial charge on any atom is 0.137 e. The van der Waals surface area contributed by atoms with Gasteiger partial charge in [0.05, 0.1) is 5.02 Å². The summed E-state index contributed by atoms with van der Waals surface area (Å²) in [7, 11) is 0. The number of para-hydroxylation sites is 1. The van der Waals surface area contributed by atoms with Crippen LogP contribution in [0, 0.1) is 5.92 Å². The Morgan fingerprint density at radius 1 is 1.24 bits per heavy atom. The fraction of sp³-hybridized carbons (Fsp3) is 0.647. The Bertz CT molecular complexity index is 408. The average Bonchev–Trinajstić information content (AvgIpc) is 2.50. The van der Waals surface area contributed by atoms with Gasteiger partial charge in [-0.1, -0.05) is 30.7 Å². The summed E-state index contributed by atoms with van der Waals surface area (Å²) < 4.78 is 5.82. The lowest BCUT2D eigenvalue weighted by molar-refractivity contribution is 0.171. The lowest BCUT2D eigenvalue weighted by Crippen LogP contribution is -2.38. The lowest BCUT2D eigenvalue weighted by Gasteiger charge is -2.29. The largest absolute Gasteiger partial charge is 0.491 e. The molecule has 1 aliphatic heterocycles. The molecule has 118 valence electrons. The third-order valence-electron chi connectivity index (χ3n) is 4.02. The van der Waals surface area contributed by atoms with E-state index in [0.29, 0.717) is 11.6 Å². The van der Waals surface area contributed by atoms with Gasteiger partial charge in [0.15, 0.2) is 0 Å². The highest BCUT2D eigenvalue weighted by Crippen LogP contribution is 2.23. The number of ether oxygens (including phenoxy) is 1. The lowest BCUT2D eigenvalue weighted by atomic mass is 9.97. The highest BCUT2D eigenvalue weighted by atomic mass is 35.5. The van der Waals surface area contributed by atoms with Crippen LogP contribution in [0.5, 0.6) is 5.75 Å². The zero-order valence-corrected chi connectivity index (χ0v) is 13.7. The van der Waals surface area contributed by atoms with Crippen LogP contribution in [0.2, 0.25) is 5.02 Å². The van der Waals surface area contributed by atoms with Crippen LogP contribution >= 0.6 is 11.6 Å². The van der Waals surface area contributed by atoms with Gasteiger partial charge in [-0.05, 0) is 56.9 Å². The highest BCUT2D eigenvalue weighted by molar-refractivity contribution is 6.32. The fourth-order valence-corrected chi connectivity index (χ4v) is 3.08. The standard InChI is InChI=1S/C17H27ClN2O/c1-2-11-20(14-15-7-9-19-10-8-15)12-13-21-17-6-4-3-5-16(17)18/h3-6,15,19H,2,7-14H2,1H3. The molecule has 2 rings (SSSR count). The van der Waals surface area contributed by atoms with Crippen LogP contribution in [0.4, 0.5) is 0 Å². The van der Waals surface area contributed by atoms with Gasteiger partial charge in [0.1, 0.15) is 12.4 Å². The van der Waals surface area contributed by atoms with Crippen LogP contribution in [0.25, 0.3) is 0 Å². The van der Waals surface area contributed by atoms with Crippen molar-refractivity contribution in [2.45, 2.75) is 26.2 Å². The maximum absolute atomic E-state index is 6.11. The molecule has 1 fully saturated rings. The molecule has 0 bridgehead atoms. The Morgan fingerprint density at radius 2 is 2.00 bits per heavy atom. The van der Waals surface area contributed by atoms with E-state index >= 15 is 0 Å². The fourth-order valence-electron chi connectivity index (χ4n) is 2.89. The van der Waals surface area contributed by atoms with E-state index in [-0.39, 0.29) is 0 Å². The second kappa shape index (κ2) is 9.29. The van der Waals surface area contributed by atoms with Gasteiger partial charge in [0, 0.05) is 13.1 Å². The molecular formula is C17H27ClN2O. The second-order valence-electron chi connectivity index (χ2n) is 5.77. The number of halogens is 1. The van der Waals surface area contributed by atoms with Crippen molar-refractivity contribution in [3.05, 3.63) is 29.3 Å². The minimum absolute atomic E-state index is 0.692. The smallest absolute Gasteiger partial charge is 0.137 e. The summed E-state index contributed by atoms with van der Waals surface area (Å²) in [5.41, 5.74) is 0. The Kier molecular flexibility index (Phi) is 7.34. The predicted octanol–water partition coefficient (Wildman–Crippen LogP) is 3.43. The van der Waals surface area contributed by atoms with E-state index in [2.05, 4.69) is 17.1 Å². The molecule has 4 heteroatoms. The summed E-state index contributed by atoms with van der Waals surface area (Å²) in [5.74, 6) is 1.62. The van der Waals surface area contributed by atoms with E-state index in [0.717, 1.165) is 24.8 Å². The molecule has 1 aliphatic rings. The van der Waals surface area contributed by atoms with Crippen LogP contribution in [0.1, 0.15) is 26.2 Å². The van der Waals surface area contributed by atoms with Crippen molar-refractivity contribution < 1.29 is 4.74 Å². The Balaban J connectivity index is 1.75. The first-order valence-corrected chi connectivity index (χ1v) is 8.47. The van der Waals surface area contributed by atoms with Gasteiger partial charge in [-0.2, -0.15) is 0 Å². The molecule has 0 radical (unpaired) electrons. The van der Waals surface area contributed by atoms with E-state index in [1.165, 1.54) is 38.9 Å². The molecule has 21 heavy (non-hydrogen) atoms. The molecule has 0 amide bonds. The van der Waals surface area contributed by atoms with Crippen LogP contribution in [0.15, 0.2) is 24.3 Å². The van der Waals surface area contributed by atoms with Crippen molar-refractivity contribution in [3.63, 3.8) is 0 Å². The molecule has 1 saturated heterocycles. The molecule has 0 spiro atoms. The van der Waals surface area contributed by atoms with Crippen molar-refractivity contribution in [2.75, 3.05) is 39.3 Å². The number of benzene rings is 1. The molecule has 0 atom stereocenters. The zero-order valence-electron chi connectivity index (χ0n) is 13.0. The Morgan fingerprint density at radius 3 is 2.71 bits per heavy atom. The molecule has 0 aromatic heterocycles. The third kappa shape index (κ3) is 5.85. The molecule has 1 aromatic rings. The monoisotopic (exact) mass is 310 g/mol. The topological polar surface area (TPSA) is 24.5 Å². The van der Waals surface area contributed by atoms with Gasteiger partial charge >= 0.3 is 0 Å². The first-order chi connectivity index (χ1) is 10.3. The van der Waals surface area contributed by atoms with Crippen LogP contribution in [-0.2, 0) is 0 Å². The van der Waals surface area contributed by atoms with E-state index in [1.807, 2.05) is 24.3 Å². The SMILES string of the molecule is CCCN(CCOc1ccccc1Cl)CC1CCNCC1. The molecular weight excluding hydrogens is 284 g/mol. The Hall–Kier alpha value is -0.770. The first kappa shape index (κ1) is 16.6. The summed E-state index contributed by atoms with van der Waals surface area (Å²) in [6.07, 6.45) is 3.79. The first-order valence-electron chi connectivity index (χ1n) is 8.10. The minimum atomic E-state index is 0.692. The van der Waals surface area contributed by atoms with Crippen LogP contribution in [-0.4, -0.2) is 44.2 Å². The van der Waals surface area contributed by atoms with Crippen molar-refractivity contribution in [2.24, 2.45) is 5.92 Å². The van der Waals surface area contributed by atoms with E-state index < -0.39 is 0 Å².